The normalized spacial score (nSPS) is 11.3. The summed E-state index contributed by atoms with van der Waals surface area (Å²) in [7, 11) is 0. The highest BCUT2D eigenvalue weighted by Crippen LogP contribution is 2.17. The molecule has 3 N–H and O–H groups in total. The third-order valence-corrected chi connectivity index (χ3v) is 3.83. The predicted octanol–water partition coefficient (Wildman–Crippen LogP) is 5.02. The molecule has 0 aliphatic carbocycles. The van der Waals surface area contributed by atoms with Gasteiger partial charge < -0.3 is 10.6 Å². The molecule has 10 heteroatoms. The topological polar surface area (TPSA) is 86.9 Å². The predicted molar refractivity (Wildman–Crippen MR) is 115 cm³/mol. The van der Waals surface area contributed by atoms with Crippen LogP contribution in [0.2, 0.25) is 0 Å². The summed E-state index contributed by atoms with van der Waals surface area (Å²) in [5.41, 5.74) is -1.57. The average molecular weight is 452 g/mol. The Morgan fingerprint density at radius 1 is 1.19 bits per heavy atom. The number of hydrogen-bond acceptors (Lipinski definition) is 3. The Hall–Kier alpha value is -3.69. The van der Waals surface area contributed by atoms with E-state index in [4.69, 9.17) is 0 Å². The van der Waals surface area contributed by atoms with Crippen LogP contribution in [-0.2, 0) is 0 Å². The Morgan fingerprint density at radius 3 is 2.44 bits per heavy atom. The maximum absolute atomic E-state index is 13.9. The molecule has 2 rings (SSSR count). The van der Waals surface area contributed by atoms with E-state index in [1.165, 1.54) is 12.2 Å². The number of rotatable bonds is 9. The van der Waals surface area contributed by atoms with E-state index < -0.39 is 48.1 Å². The number of anilines is 1. The summed E-state index contributed by atoms with van der Waals surface area (Å²) in [5.74, 6) is -4.98. The molecule has 1 aromatic heterocycles. The van der Waals surface area contributed by atoms with Gasteiger partial charge in [0.15, 0.2) is 0 Å². The van der Waals surface area contributed by atoms with Gasteiger partial charge in [-0.25, -0.2) is 17.6 Å². The van der Waals surface area contributed by atoms with Crippen molar-refractivity contribution in [1.82, 2.24) is 15.5 Å². The summed E-state index contributed by atoms with van der Waals surface area (Å²) in [6.45, 7) is 5.88. The second-order valence-electron chi connectivity index (χ2n) is 5.90. The Kier molecular flexibility index (Phi) is 11.2. The molecule has 0 aliphatic heterocycles. The minimum Gasteiger partial charge on any atom is -0.347 e. The van der Waals surface area contributed by atoms with Crippen molar-refractivity contribution >= 4 is 17.5 Å². The van der Waals surface area contributed by atoms with Gasteiger partial charge in [0.1, 0.15) is 35.4 Å². The van der Waals surface area contributed by atoms with Crippen molar-refractivity contribution in [3.63, 3.8) is 0 Å². The number of benzene rings is 1. The fourth-order valence-corrected chi connectivity index (χ4v) is 2.31. The number of carbonyl (C=O) groups is 2. The maximum Gasteiger partial charge on any atom is 0.271 e. The highest BCUT2D eigenvalue weighted by Gasteiger charge is 2.21. The number of hydrogen-bond donors (Lipinski definition) is 3. The van der Waals surface area contributed by atoms with Gasteiger partial charge in [0.2, 0.25) is 0 Å². The zero-order valence-electron chi connectivity index (χ0n) is 17.6. The number of allylic oxidation sites excluding steroid dienone is 4. The molecule has 0 aliphatic rings. The van der Waals surface area contributed by atoms with Gasteiger partial charge in [-0.1, -0.05) is 32.1 Å². The number of nitrogens with zero attached hydrogens (tertiary/aromatic N) is 1. The molecule has 172 valence electrons. The zero-order chi connectivity index (χ0) is 24.1. The number of amides is 2. The lowest BCUT2D eigenvalue weighted by Crippen LogP contribution is -2.28. The van der Waals surface area contributed by atoms with Crippen LogP contribution in [0.15, 0.2) is 60.6 Å². The monoisotopic (exact) mass is 452 g/mol. The molecule has 0 radical (unpaired) electrons. The van der Waals surface area contributed by atoms with Crippen LogP contribution < -0.4 is 10.6 Å². The Labute approximate surface area is 183 Å². The smallest absolute Gasteiger partial charge is 0.271 e. The van der Waals surface area contributed by atoms with Gasteiger partial charge in [-0.3, -0.25) is 14.7 Å². The van der Waals surface area contributed by atoms with Crippen molar-refractivity contribution in [2.24, 2.45) is 0 Å². The van der Waals surface area contributed by atoms with E-state index in [9.17, 15) is 27.2 Å². The van der Waals surface area contributed by atoms with Crippen molar-refractivity contribution in [2.75, 3.05) is 18.5 Å². The van der Waals surface area contributed by atoms with E-state index >= 15 is 0 Å². The second kappa shape index (κ2) is 13.6. The average Bonchev–Trinajstić information content (AvgIpc) is 3.23. The first kappa shape index (κ1) is 26.3. The lowest BCUT2D eigenvalue weighted by molar-refractivity contribution is 0.0952. The molecule has 2 amide bonds. The van der Waals surface area contributed by atoms with E-state index in [-0.39, 0.29) is 17.0 Å². The number of carbonyl (C=O) groups excluding carboxylic acids is 2. The molecule has 0 spiro atoms. The number of aromatic amines is 1. The molecule has 0 saturated carbocycles. The summed E-state index contributed by atoms with van der Waals surface area (Å²) < 4.78 is 54.5. The van der Waals surface area contributed by atoms with Crippen molar-refractivity contribution in [1.29, 1.82) is 0 Å². The molecular weight excluding hydrogens is 428 g/mol. The molecular formula is C22H24F4N4O2. The molecule has 0 saturated heterocycles. The van der Waals surface area contributed by atoms with Crippen LogP contribution in [-0.4, -0.2) is 35.2 Å². The van der Waals surface area contributed by atoms with Gasteiger partial charge in [0.05, 0.1) is 11.9 Å². The minimum absolute atomic E-state index is 0.169. The van der Waals surface area contributed by atoms with Gasteiger partial charge >= 0.3 is 0 Å². The van der Waals surface area contributed by atoms with Crippen LogP contribution >= 0.6 is 0 Å². The third-order valence-electron chi connectivity index (χ3n) is 3.83. The number of aromatic nitrogens is 2. The number of nitrogens with one attached hydrogen (secondary N) is 3. The first-order valence-corrected chi connectivity index (χ1v) is 9.66. The fraction of sp³-hybridized carbons (Fsp3) is 0.227. The molecule has 0 atom stereocenters. The van der Waals surface area contributed by atoms with E-state index in [1.807, 2.05) is 13.8 Å². The molecule has 6 nitrogen and oxygen atoms in total. The Morgan fingerprint density at radius 2 is 1.84 bits per heavy atom. The van der Waals surface area contributed by atoms with E-state index in [0.29, 0.717) is 6.42 Å². The van der Waals surface area contributed by atoms with Crippen LogP contribution in [0.4, 0.5) is 23.2 Å². The van der Waals surface area contributed by atoms with Crippen molar-refractivity contribution in [3.8, 4) is 0 Å². The second-order valence-corrected chi connectivity index (χ2v) is 5.90. The lowest BCUT2D eigenvalue weighted by Gasteiger charge is -2.09. The highest BCUT2D eigenvalue weighted by molar-refractivity contribution is 6.08. The number of H-pyrrole nitrogens is 1. The van der Waals surface area contributed by atoms with Gasteiger partial charge in [0, 0.05) is 12.1 Å². The van der Waals surface area contributed by atoms with Crippen LogP contribution in [0.5, 0.6) is 0 Å². The van der Waals surface area contributed by atoms with Crippen molar-refractivity contribution in [3.05, 3.63) is 83.5 Å². The van der Waals surface area contributed by atoms with Gasteiger partial charge in [0.25, 0.3) is 11.8 Å². The SMILES string of the molecule is C=CC/C=C\C(F)=C(/CF)CNC(=O)c1[nH]ncc1NC(=O)c1c(F)cccc1F.CC. The van der Waals surface area contributed by atoms with Crippen LogP contribution in [0, 0.1) is 11.6 Å². The zero-order valence-corrected chi connectivity index (χ0v) is 17.6. The van der Waals surface area contributed by atoms with Crippen LogP contribution in [0.25, 0.3) is 0 Å². The highest BCUT2D eigenvalue weighted by atomic mass is 19.1. The van der Waals surface area contributed by atoms with E-state index in [1.54, 1.807) is 0 Å². The van der Waals surface area contributed by atoms with Gasteiger partial charge in [-0.15, -0.1) is 6.58 Å². The van der Waals surface area contributed by atoms with Gasteiger partial charge in [-0.2, -0.15) is 5.10 Å². The third kappa shape index (κ3) is 7.22. The largest absolute Gasteiger partial charge is 0.347 e. The molecule has 32 heavy (non-hydrogen) atoms. The van der Waals surface area contributed by atoms with Crippen molar-refractivity contribution < 1.29 is 27.2 Å². The molecule has 0 bridgehead atoms. The molecule has 1 aromatic carbocycles. The van der Waals surface area contributed by atoms with Crippen molar-refractivity contribution in [2.45, 2.75) is 20.3 Å². The molecule has 2 aromatic rings. The Bertz CT molecular complexity index is 979. The fourth-order valence-electron chi connectivity index (χ4n) is 2.31. The molecule has 1 heterocycles. The first-order chi connectivity index (χ1) is 15.4. The van der Waals surface area contributed by atoms with Gasteiger partial charge in [-0.05, 0) is 24.6 Å². The maximum atomic E-state index is 13.9. The number of halogens is 4. The lowest BCUT2D eigenvalue weighted by atomic mass is 10.2. The van der Waals surface area contributed by atoms with E-state index in [0.717, 1.165) is 30.5 Å². The van der Waals surface area contributed by atoms with Crippen LogP contribution in [0.3, 0.4) is 0 Å². The summed E-state index contributed by atoms with van der Waals surface area (Å²) in [4.78, 5) is 24.5. The summed E-state index contributed by atoms with van der Waals surface area (Å²) in [6.07, 6.45) is 5.47. The molecule has 0 unspecified atom stereocenters. The minimum atomic E-state index is -1.14. The first-order valence-electron chi connectivity index (χ1n) is 9.66. The summed E-state index contributed by atoms with van der Waals surface area (Å²) in [5, 5.41) is 10.4. The van der Waals surface area contributed by atoms with E-state index in [2.05, 4.69) is 27.4 Å². The standard InChI is InChI=1S/C20H18F4N4O2.C2H6/c1-2-3-4-6-13(22)12(9-21)10-25-20(30)18-16(11-26-28-18)27-19(29)17-14(23)7-5-8-15(17)24;1-2/h2,4-8,11H,1,3,9-10H2,(H,25,30)(H,26,28)(H,27,29);1-2H3/b6-4-,13-12-;. The van der Waals surface area contributed by atoms with Crippen LogP contribution in [0.1, 0.15) is 41.1 Å². The Balaban J connectivity index is 0.00000249. The summed E-state index contributed by atoms with van der Waals surface area (Å²) in [6, 6.07) is 2.91. The molecule has 0 fully saturated rings. The quantitative estimate of drug-likeness (QED) is 0.284. The summed E-state index contributed by atoms with van der Waals surface area (Å²) >= 11 is 0. The number of alkyl halides is 1.